The van der Waals surface area contributed by atoms with Crippen molar-refractivity contribution in [3.8, 4) is 17.1 Å². The molecule has 0 fully saturated rings. The van der Waals surface area contributed by atoms with Crippen molar-refractivity contribution in [1.29, 1.82) is 0 Å². The molecule has 2 heterocycles. The molecule has 0 aliphatic carbocycles. The molecule has 1 aliphatic heterocycles. The number of amides is 2. The van der Waals surface area contributed by atoms with Crippen molar-refractivity contribution in [3.05, 3.63) is 107 Å². The van der Waals surface area contributed by atoms with E-state index in [1.165, 1.54) is 5.56 Å². The van der Waals surface area contributed by atoms with Gasteiger partial charge in [0.2, 0.25) is 5.82 Å². The smallest absolute Gasteiger partial charge is 0.322 e. The standard InChI is InChI=1S/C30H30N4O3/c1-20-10-7-15-24(18-20)28-32-29(37-33-28)26-21(2)34(17-9-13-22-11-5-4-6-12-22)30(35)31-27(26)23-14-8-16-25(19-23)36-3/h4-8,10-12,14-16,18-19,27H,9,13,17H2,1-3H3,(H,31,35). The third kappa shape index (κ3) is 5.26. The molecule has 0 saturated heterocycles. The molecule has 3 aromatic carbocycles. The molecule has 0 radical (unpaired) electrons. The molecule has 1 aliphatic rings. The third-order valence-corrected chi connectivity index (χ3v) is 6.65. The zero-order valence-corrected chi connectivity index (χ0v) is 21.3. The van der Waals surface area contributed by atoms with Gasteiger partial charge >= 0.3 is 6.03 Å². The summed E-state index contributed by atoms with van der Waals surface area (Å²) in [4.78, 5) is 19.8. The SMILES string of the molecule is COc1cccc(C2NC(=O)N(CCCc3ccccc3)C(C)=C2c2nc(-c3cccc(C)c3)no2)c1. The van der Waals surface area contributed by atoms with Crippen molar-refractivity contribution in [2.45, 2.75) is 32.7 Å². The van der Waals surface area contributed by atoms with Crippen LogP contribution in [0.15, 0.2) is 89.1 Å². The van der Waals surface area contributed by atoms with Crippen LogP contribution in [0.2, 0.25) is 0 Å². The highest BCUT2D eigenvalue weighted by Gasteiger charge is 2.35. The van der Waals surface area contributed by atoms with Crippen LogP contribution < -0.4 is 10.1 Å². The minimum absolute atomic E-state index is 0.152. The first-order valence-corrected chi connectivity index (χ1v) is 12.4. The molecular weight excluding hydrogens is 464 g/mol. The van der Waals surface area contributed by atoms with E-state index in [4.69, 9.17) is 14.2 Å². The monoisotopic (exact) mass is 494 g/mol. The normalized spacial score (nSPS) is 15.6. The van der Waals surface area contributed by atoms with Gasteiger partial charge in [-0.3, -0.25) is 4.90 Å². The number of rotatable bonds is 8. The lowest BCUT2D eigenvalue weighted by Gasteiger charge is -2.35. The molecule has 4 aromatic rings. The van der Waals surface area contributed by atoms with Gasteiger partial charge in [-0.25, -0.2) is 4.79 Å². The lowest BCUT2D eigenvalue weighted by Crippen LogP contribution is -2.46. The van der Waals surface area contributed by atoms with Crippen LogP contribution in [-0.4, -0.2) is 34.7 Å². The number of nitrogens with one attached hydrogen (secondary N) is 1. The van der Waals surface area contributed by atoms with Crippen LogP contribution in [0.5, 0.6) is 5.75 Å². The Hall–Kier alpha value is -4.39. The summed E-state index contributed by atoms with van der Waals surface area (Å²) in [5, 5.41) is 7.43. The first kappa shape index (κ1) is 24.3. The van der Waals surface area contributed by atoms with Crippen LogP contribution in [0.25, 0.3) is 17.0 Å². The second-order valence-electron chi connectivity index (χ2n) is 9.19. The maximum atomic E-state index is 13.3. The number of hydrogen-bond donors (Lipinski definition) is 1. The van der Waals surface area contributed by atoms with E-state index in [1.54, 1.807) is 12.0 Å². The Labute approximate surface area is 216 Å². The van der Waals surface area contributed by atoms with E-state index in [2.05, 4.69) is 22.6 Å². The topological polar surface area (TPSA) is 80.5 Å². The number of aryl methyl sites for hydroxylation is 2. The molecule has 1 unspecified atom stereocenters. The van der Waals surface area contributed by atoms with Gasteiger partial charge in [0.25, 0.3) is 5.89 Å². The molecule has 1 atom stereocenters. The summed E-state index contributed by atoms with van der Waals surface area (Å²) >= 11 is 0. The molecule has 0 spiro atoms. The van der Waals surface area contributed by atoms with Gasteiger partial charge < -0.3 is 14.6 Å². The molecule has 2 amide bonds. The van der Waals surface area contributed by atoms with E-state index in [9.17, 15) is 4.79 Å². The van der Waals surface area contributed by atoms with Crippen LogP contribution in [-0.2, 0) is 6.42 Å². The van der Waals surface area contributed by atoms with Gasteiger partial charge in [-0.2, -0.15) is 4.98 Å². The fourth-order valence-electron chi connectivity index (χ4n) is 4.72. The fourth-order valence-corrected chi connectivity index (χ4v) is 4.72. The minimum atomic E-state index is -0.459. The number of allylic oxidation sites excluding steroid dienone is 1. The summed E-state index contributed by atoms with van der Waals surface area (Å²) < 4.78 is 11.2. The Morgan fingerprint density at radius 2 is 1.81 bits per heavy atom. The van der Waals surface area contributed by atoms with E-state index >= 15 is 0 Å². The van der Waals surface area contributed by atoms with Crippen molar-refractivity contribution in [3.63, 3.8) is 0 Å². The van der Waals surface area contributed by atoms with E-state index in [-0.39, 0.29) is 6.03 Å². The number of carbonyl (C=O) groups is 1. The first-order chi connectivity index (χ1) is 18.0. The lowest BCUT2D eigenvalue weighted by molar-refractivity contribution is 0.204. The number of benzene rings is 3. The van der Waals surface area contributed by atoms with Crippen molar-refractivity contribution in [1.82, 2.24) is 20.4 Å². The summed E-state index contributed by atoms with van der Waals surface area (Å²) in [5.74, 6) is 1.60. The molecule has 0 saturated carbocycles. The van der Waals surface area contributed by atoms with Gasteiger partial charge in [-0.1, -0.05) is 71.4 Å². The van der Waals surface area contributed by atoms with Crippen LogP contribution >= 0.6 is 0 Å². The highest BCUT2D eigenvalue weighted by Crippen LogP contribution is 2.38. The highest BCUT2D eigenvalue weighted by atomic mass is 16.5. The zero-order valence-electron chi connectivity index (χ0n) is 21.3. The number of ether oxygens (including phenoxy) is 1. The van der Waals surface area contributed by atoms with Crippen molar-refractivity contribution < 1.29 is 14.1 Å². The Bertz CT molecular complexity index is 1430. The molecule has 37 heavy (non-hydrogen) atoms. The summed E-state index contributed by atoms with van der Waals surface area (Å²) in [6, 6.07) is 25.3. The average molecular weight is 495 g/mol. The first-order valence-electron chi connectivity index (χ1n) is 12.4. The summed E-state index contributed by atoms with van der Waals surface area (Å²) in [6.45, 7) is 4.54. The van der Waals surface area contributed by atoms with Crippen LogP contribution in [0, 0.1) is 6.92 Å². The predicted molar refractivity (Wildman–Crippen MR) is 143 cm³/mol. The maximum absolute atomic E-state index is 13.3. The van der Waals surface area contributed by atoms with Crippen molar-refractivity contribution in [2.24, 2.45) is 0 Å². The van der Waals surface area contributed by atoms with Crippen molar-refractivity contribution in [2.75, 3.05) is 13.7 Å². The maximum Gasteiger partial charge on any atom is 0.322 e. The van der Waals surface area contributed by atoms with Gasteiger partial charge in [0.1, 0.15) is 5.75 Å². The van der Waals surface area contributed by atoms with Gasteiger partial charge in [-0.05, 0) is 56.0 Å². The fraction of sp³-hybridized carbons (Fsp3) is 0.233. The average Bonchev–Trinajstić information content (AvgIpc) is 3.41. The Morgan fingerprint density at radius 1 is 1.00 bits per heavy atom. The van der Waals surface area contributed by atoms with Crippen LogP contribution in [0.3, 0.4) is 0 Å². The van der Waals surface area contributed by atoms with Crippen molar-refractivity contribution >= 4 is 11.6 Å². The molecular formula is C30H30N4O3. The molecule has 7 heteroatoms. The van der Waals surface area contributed by atoms with Gasteiger partial charge in [0, 0.05) is 17.8 Å². The number of aromatic nitrogens is 2. The number of carbonyl (C=O) groups excluding carboxylic acids is 1. The molecule has 5 rings (SSSR count). The quantitative estimate of drug-likeness (QED) is 0.316. The van der Waals surface area contributed by atoms with E-state index in [0.717, 1.165) is 40.8 Å². The number of nitrogens with zero attached hydrogens (tertiary/aromatic N) is 3. The summed E-state index contributed by atoms with van der Waals surface area (Å²) in [7, 11) is 1.63. The largest absolute Gasteiger partial charge is 0.497 e. The molecule has 0 bridgehead atoms. The Balaban J connectivity index is 1.51. The number of methoxy groups -OCH3 is 1. The van der Waals surface area contributed by atoms with Gasteiger partial charge in [0.05, 0.1) is 18.7 Å². The molecule has 7 nitrogen and oxygen atoms in total. The summed E-state index contributed by atoms with van der Waals surface area (Å²) in [6.07, 6.45) is 1.70. The number of urea groups is 1. The van der Waals surface area contributed by atoms with Gasteiger partial charge in [-0.15, -0.1) is 0 Å². The third-order valence-electron chi connectivity index (χ3n) is 6.65. The van der Waals surface area contributed by atoms with E-state index in [0.29, 0.717) is 24.0 Å². The van der Waals surface area contributed by atoms with E-state index in [1.807, 2.05) is 80.6 Å². The molecule has 1 aromatic heterocycles. The minimum Gasteiger partial charge on any atom is -0.497 e. The second-order valence-corrected chi connectivity index (χ2v) is 9.19. The molecule has 1 N–H and O–H groups in total. The van der Waals surface area contributed by atoms with Crippen LogP contribution in [0.1, 0.15) is 42.0 Å². The zero-order chi connectivity index (χ0) is 25.8. The van der Waals surface area contributed by atoms with E-state index < -0.39 is 6.04 Å². The lowest BCUT2D eigenvalue weighted by atomic mass is 9.94. The Kier molecular flexibility index (Phi) is 7.03. The van der Waals surface area contributed by atoms with Gasteiger partial charge in [0.15, 0.2) is 0 Å². The number of hydrogen-bond acceptors (Lipinski definition) is 5. The highest BCUT2D eigenvalue weighted by molar-refractivity contribution is 5.87. The summed E-state index contributed by atoms with van der Waals surface area (Å²) in [5.41, 5.74) is 5.69. The Morgan fingerprint density at radius 3 is 2.59 bits per heavy atom. The second kappa shape index (κ2) is 10.7. The predicted octanol–water partition coefficient (Wildman–Crippen LogP) is 6.18. The molecule has 188 valence electrons. The van der Waals surface area contributed by atoms with Crippen LogP contribution in [0.4, 0.5) is 4.79 Å².